The van der Waals surface area contributed by atoms with Gasteiger partial charge in [-0.3, -0.25) is 4.79 Å². The average Bonchev–Trinajstić information content (AvgIpc) is 2.37. The Labute approximate surface area is 119 Å². The molecule has 0 aliphatic heterocycles. The summed E-state index contributed by atoms with van der Waals surface area (Å²) in [7, 11) is 0. The Morgan fingerprint density at radius 3 is 2.63 bits per heavy atom. The summed E-state index contributed by atoms with van der Waals surface area (Å²) >= 11 is 5.95. The Kier molecular flexibility index (Phi) is 6.84. The third-order valence-corrected chi connectivity index (χ3v) is 3.01. The molecule has 3 N–H and O–H groups in total. The smallest absolute Gasteiger partial charge is 0.238 e. The number of benzene rings is 1. The maximum absolute atomic E-state index is 11.8. The van der Waals surface area contributed by atoms with Crippen LogP contribution in [0.3, 0.4) is 0 Å². The van der Waals surface area contributed by atoms with Crippen LogP contribution in [0.2, 0.25) is 5.02 Å². The summed E-state index contributed by atoms with van der Waals surface area (Å²) in [5.41, 5.74) is 0.598. The van der Waals surface area contributed by atoms with E-state index in [4.69, 9.17) is 11.6 Å². The molecule has 1 amide bonds. The third-order valence-electron chi connectivity index (χ3n) is 2.68. The van der Waals surface area contributed by atoms with Gasteiger partial charge in [0.25, 0.3) is 0 Å². The van der Waals surface area contributed by atoms with E-state index in [2.05, 4.69) is 24.5 Å². The number of carbonyl (C=O) groups is 1. The molecule has 106 valence electrons. The fourth-order valence-electron chi connectivity index (χ4n) is 1.79. The van der Waals surface area contributed by atoms with Crippen molar-refractivity contribution in [2.24, 2.45) is 5.92 Å². The Balaban J connectivity index is 2.41. The van der Waals surface area contributed by atoms with Crippen molar-refractivity contribution in [3.05, 3.63) is 29.3 Å². The van der Waals surface area contributed by atoms with Crippen molar-refractivity contribution in [1.82, 2.24) is 5.32 Å². The number of anilines is 1. The van der Waals surface area contributed by atoms with E-state index in [9.17, 15) is 9.90 Å². The summed E-state index contributed by atoms with van der Waals surface area (Å²) in [6.07, 6.45) is 0.829. The van der Waals surface area contributed by atoms with Crippen molar-refractivity contribution >= 4 is 23.2 Å². The highest BCUT2D eigenvalue weighted by Crippen LogP contribution is 2.20. The Morgan fingerprint density at radius 1 is 1.37 bits per heavy atom. The second-order valence-electron chi connectivity index (χ2n) is 4.92. The van der Waals surface area contributed by atoms with Crippen LogP contribution in [0.25, 0.3) is 0 Å². The zero-order valence-electron chi connectivity index (χ0n) is 11.3. The van der Waals surface area contributed by atoms with Gasteiger partial charge in [0.15, 0.2) is 0 Å². The molecule has 1 atom stereocenters. The lowest BCUT2D eigenvalue weighted by molar-refractivity contribution is -0.115. The van der Waals surface area contributed by atoms with Crippen LogP contribution in [0.15, 0.2) is 24.3 Å². The highest BCUT2D eigenvalue weighted by molar-refractivity contribution is 6.33. The molecular weight excluding hydrogens is 264 g/mol. The van der Waals surface area contributed by atoms with E-state index in [0.717, 1.165) is 6.42 Å². The second-order valence-corrected chi connectivity index (χ2v) is 5.33. The predicted octanol–water partition coefficient (Wildman–Crippen LogP) is 2.28. The number of hydrogen-bond acceptors (Lipinski definition) is 3. The normalized spacial score (nSPS) is 12.5. The minimum atomic E-state index is -0.171. The SMILES string of the molecule is CC(C)CC(CO)NCC(=O)Nc1ccccc1Cl. The van der Waals surface area contributed by atoms with Gasteiger partial charge in [-0.05, 0) is 24.5 Å². The van der Waals surface area contributed by atoms with E-state index in [0.29, 0.717) is 16.6 Å². The van der Waals surface area contributed by atoms with Gasteiger partial charge in [-0.25, -0.2) is 0 Å². The van der Waals surface area contributed by atoms with Crippen molar-refractivity contribution in [2.75, 3.05) is 18.5 Å². The fourth-order valence-corrected chi connectivity index (χ4v) is 1.97. The largest absolute Gasteiger partial charge is 0.395 e. The van der Waals surface area contributed by atoms with Gasteiger partial charge >= 0.3 is 0 Å². The van der Waals surface area contributed by atoms with Crippen molar-refractivity contribution in [3.63, 3.8) is 0 Å². The Hall–Kier alpha value is -1.10. The molecule has 0 saturated carbocycles. The number of para-hydroxylation sites is 1. The van der Waals surface area contributed by atoms with E-state index < -0.39 is 0 Å². The van der Waals surface area contributed by atoms with Crippen LogP contribution in [0.4, 0.5) is 5.69 Å². The van der Waals surface area contributed by atoms with Crippen molar-refractivity contribution < 1.29 is 9.90 Å². The first-order valence-electron chi connectivity index (χ1n) is 6.41. The summed E-state index contributed by atoms with van der Waals surface area (Å²) in [6, 6.07) is 7.03. The van der Waals surface area contributed by atoms with Gasteiger partial charge in [0.2, 0.25) is 5.91 Å². The molecule has 0 radical (unpaired) electrons. The molecule has 0 fully saturated rings. The maximum Gasteiger partial charge on any atom is 0.238 e. The zero-order valence-corrected chi connectivity index (χ0v) is 12.1. The van der Waals surface area contributed by atoms with Gasteiger partial charge in [0, 0.05) is 6.04 Å². The monoisotopic (exact) mass is 284 g/mol. The van der Waals surface area contributed by atoms with Crippen LogP contribution in [0, 0.1) is 5.92 Å². The van der Waals surface area contributed by atoms with Gasteiger partial charge in [-0.1, -0.05) is 37.6 Å². The molecule has 0 bridgehead atoms. The minimum Gasteiger partial charge on any atom is -0.395 e. The molecule has 1 rings (SSSR count). The van der Waals surface area contributed by atoms with E-state index >= 15 is 0 Å². The predicted molar refractivity (Wildman–Crippen MR) is 78.4 cm³/mol. The van der Waals surface area contributed by atoms with Crippen LogP contribution in [-0.4, -0.2) is 30.2 Å². The molecule has 0 aliphatic carbocycles. The maximum atomic E-state index is 11.8. The number of carbonyl (C=O) groups excluding carboxylic acids is 1. The van der Waals surface area contributed by atoms with Gasteiger partial charge in [-0.15, -0.1) is 0 Å². The lowest BCUT2D eigenvalue weighted by Crippen LogP contribution is -2.39. The fraction of sp³-hybridized carbons (Fsp3) is 0.500. The van der Waals surface area contributed by atoms with Gasteiger partial charge in [0.1, 0.15) is 0 Å². The molecule has 0 aliphatic rings. The Bertz CT molecular complexity index is 410. The summed E-state index contributed by atoms with van der Waals surface area (Å²) < 4.78 is 0. The Morgan fingerprint density at radius 2 is 2.05 bits per heavy atom. The first kappa shape index (κ1) is 16.0. The van der Waals surface area contributed by atoms with Crippen LogP contribution in [0.5, 0.6) is 0 Å². The number of halogens is 1. The minimum absolute atomic E-state index is 0.0254. The highest BCUT2D eigenvalue weighted by atomic mass is 35.5. The van der Waals surface area contributed by atoms with E-state index in [1.165, 1.54) is 0 Å². The van der Waals surface area contributed by atoms with Gasteiger partial charge in [0.05, 0.1) is 23.9 Å². The van der Waals surface area contributed by atoms with Crippen LogP contribution in [-0.2, 0) is 4.79 Å². The molecule has 1 unspecified atom stereocenters. The molecule has 0 heterocycles. The average molecular weight is 285 g/mol. The number of rotatable bonds is 7. The van der Waals surface area contributed by atoms with Crippen LogP contribution >= 0.6 is 11.6 Å². The quantitative estimate of drug-likeness (QED) is 0.720. The number of nitrogens with one attached hydrogen (secondary N) is 2. The molecule has 1 aromatic rings. The first-order valence-corrected chi connectivity index (χ1v) is 6.79. The number of aliphatic hydroxyl groups is 1. The molecule has 0 spiro atoms. The molecule has 1 aromatic carbocycles. The van der Waals surface area contributed by atoms with Crippen molar-refractivity contribution in [3.8, 4) is 0 Å². The topological polar surface area (TPSA) is 61.4 Å². The lowest BCUT2D eigenvalue weighted by atomic mass is 10.0. The van der Waals surface area contributed by atoms with Crippen LogP contribution < -0.4 is 10.6 Å². The van der Waals surface area contributed by atoms with Gasteiger partial charge in [-0.2, -0.15) is 0 Å². The second kappa shape index (κ2) is 8.15. The summed E-state index contributed by atoms with van der Waals surface area (Å²) in [5.74, 6) is 0.298. The standard InChI is InChI=1S/C14H21ClN2O2/c1-10(2)7-11(9-18)16-8-14(19)17-13-6-4-3-5-12(13)15/h3-6,10-11,16,18H,7-9H2,1-2H3,(H,17,19). The molecule has 4 nitrogen and oxygen atoms in total. The van der Waals surface area contributed by atoms with Crippen LogP contribution in [0.1, 0.15) is 20.3 Å². The highest BCUT2D eigenvalue weighted by Gasteiger charge is 2.11. The third kappa shape index (κ3) is 6.05. The summed E-state index contributed by atoms with van der Waals surface area (Å²) in [6.45, 7) is 4.34. The zero-order chi connectivity index (χ0) is 14.3. The number of aliphatic hydroxyl groups excluding tert-OH is 1. The molecule has 0 saturated heterocycles. The molecule has 5 heteroatoms. The van der Waals surface area contributed by atoms with E-state index in [1.54, 1.807) is 18.2 Å². The number of hydrogen-bond donors (Lipinski definition) is 3. The number of amides is 1. The van der Waals surface area contributed by atoms with E-state index in [-0.39, 0.29) is 25.1 Å². The summed E-state index contributed by atoms with van der Waals surface area (Å²) in [4.78, 5) is 11.8. The molecular formula is C14H21ClN2O2. The first-order chi connectivity index (χ1) is 9.02. The molecule has 0 aromatic heterocycles. The summed E-state index contributed by atoms with van der Waals surface area (Å²) in [5, 5.41) is 15.5. The lowest BCUT2D eigenvalue weighted by Gasteiger charge is -2.18. The van der Waals surface area contributed by atoms with Crippen molar-refractivity contribution in [2.45, 2.75) is 26.3 Å². The van der Waals surface area contributed by atoms with Crippen molar-refractivity contribution in [1.29, 1.82) is 0 Å². The van der Waals surface area contributed by atoms with E-state index in [1.807, 2.05) is 6.07 Å². The molecule has 19 heavy (non-hydrogen) atoms. The van der Waals surface area contributed by atoms with Gasteiger partial charge < -0.3 is 15.7 Å².